The van der Waals surface area contributed by atoms with Gasteiger partial charge in [0.05, 0.1) is 17.0 Å². The minimum atomic E-state index is -3.75. The highest BCUT2D eigenvalue weighted by atomic mass is 32.2. The van der Waals surface area contributed by atoms with E-state index in [1.807, 2.05) is 0 Å². The average molecular weight is 400 g/mol. The topological polar surface area (TPSA) is 101 Å². The molecule has 1 aromatic carbocycles. The van der Waals surface area contributed by atoms with Gasteiger partial charge < -0.3 is 0 Å². The molecular weight excluding hydrogens is 384 g/mol. The number of hydrogen-bond donors (Lipinski definition) is 2. The van der Waals surface area contributed by atoms with Gasteiger partial charge in [0.15, 0.2) is 0 Å². The van der Waals surface area contributed by atoms with E-state index in [4.69, 9.17) is 0 Å². The zero-order valence-corrected chi connectivity index (χ0v) is 15.9. The van der Waals surface area contributed by atoms with Crippen LogP contribution in [0.1, 0.15) is 22.8 Å². The molecular formula is C18H16N4O3S2. The molecule has 3 aromatic rings. The average Bonchev–Trinajstić information content (AvgIpc) is 3.22. The second-order valence-corrected chi connectivity index (χ2v) is 8.31. The van der Waals surface area contributed by atoms with E-state index in [-0.39, 0.29) is 15.5 Å². The first-order valence-electron chi connectivity index (χ1n) is 7.88. The largest absolute Gasteiger partial charge is 0.278 e. The second-order valence-electron chi connectivity index (χ2n) is 5.46. The molecule has 0 radical (unpaired) electrons. The van der Waals surface area contributed by atoms with E-state index in [1.54, 1.807) is 55.0 Å². The van der Waals surface area contributed by atoms with Crippen molar-refractivity contribution in [3.8, 4) is 0 Å². The van der Waals surface area contributed by atoms with Crippen LogP contribution in [0.3, 0.4) is 0 Å². The third-order valence-electron chi connectivity index (χ3n) is 3.60. The van der Waals surface area contributed by atoms with Crippen LogP contribution in [-0.4, -0.2) is 25.0 Å². The van der Waals surface area contributed by atoms with Gasteiger partial charge in [0.2, 0.25) is 0 Å². The molecule has 0 spiro atoms. The maximum atomic E-state index is 12.5. The molecule has 2 heterocycles. The van der Waals surface area contributed by atoms with Gasteiger partial charge in [-0.1, -0.05) is 18.2 Å². The van der Waals surface area contributed by atoms with Crippen molar-refractivity contribution in [2.45, 2.75) is 11.1 Å². The predicted octanol–water partition coefficient (Wildman–Crippen LogP) is 3.10. The Balaban J connectivity index is 1.80. The maximum Gasteiger partial charge on any atom is 0.273 e. The summed E-state index contributed by atoms with van der Waals surface area (Å²) in [5, 5.41) is 5.74. The molecule has 27 heavy (non-hydrogen) atoms. The van der Waals surface area contributed by atoms with Gasteiger partial charge >= 0.3 is 0 Å². The number of carbonyl (C=O) groups excluding carboxylic acids is 1. The monoisotopic (exact) mass is 400 g/mol. The number of hydrogen-bond acceptors (Lipinski definition) is 6. The molecule has 2 aromatic heterocycles. The summed E-state index contributed by atoms with van der Waals surface area (Å²) in [4.78, 5) is 16.4. The number of hydrazone groups is 1. The summed E-state index contributed by atoms with van der Waals surface area (Å²) in [5.41, 5.74) is 4.22. The summed E-state index contributed by atoms with van der Waals surface area (Å²) < 4.78 is 27.5. The first-order valence-corrected chi connectivity index (χ1v) is 10.2. The highest BCUT2D eigenvalue weighted by Crippen LogP contribution is 2.22. The van der Waals surface area contributed by atoms with Gasteiger partial charge in [0, 0.05) is 18.0 Å². The zero-order chi connectivity index (χ0) is 19.3. The van der Waals surface area contributed by atoms with E-state index in [0.29, 0.717) is 5.71 Å². The summed E-state index contributed by atoms with van der Waals surface area (Å²) in [6.45, 7) is 1.75. The third-order valence-corrected chi connectivity index (χ3v) is 6.36. The Hall–Kier alpha value is -3.04. The van der Waals surface area contributed by atoms with Crippen molar-refractivity contribution < 1.29 is 13.2 Å². The number of aromatic nitrogens is 1. The Morgan fingerprint density at radius 3 is 2.52 bits per heavy atom. The highest BCUT2D eigenvalue weighted by Gasteiger charge is 2.19. The molecule has 0 atom stereocenters. The Morgan fingerprint density at radius 1 is 1.07 bits per heavy atom. The Kier molecular flexibility index (Phi) is 5.63. The Bertz CT molecular complexity index is 1060. The summed E-state index contributed by atoms with van der Waals surface area (Å²) in [7, 11) is -3.75. The summed E-state index contributed by atoms with van der Waals surface area (Å²) in [6, 6.07) is 13.0. The molecule has 0 aliphatic carbocycles. The second kappa shape index (κ2) is 8.11. The number of nitrogens with one attached hydrogen (secondary N) is 2. The van der Waals surface area contributed by atoms with E-state index >= 15 is 0 Å². The Labute approximate surface area is 160 Å². The molecule has 1 amide bonds. The summed E-state index contributed by atoms with van der Waals surface area (Å²) in [5.74, 6) is -0.520. The van der Waals surface area contributed by atoms with Gasteiger partial charge in [-0.2, -0.15) is 5.10 Å². The lowest BCUT2D eigenvalue weighted by Gasteiger charge is -2.11. The number of carbonyl (C=O) groups is 1. The first kappa shape index (κ1) is 18.7. The smallest absolute Gasteiger partial charge is 0.273 e. The van der Waals surface area contributed by atoms with Crippen molar-refractivity contribution >= 4 is 38.7 Å². The van der Waals surface area contributed by atoms with Gasteiger partial charge in [0.1, 0.15) is 4.21 Å². The maximum absolute atomic E-state index is 12.5. The van der Waals surface area contributed by atoms with Gasteiger partial charge in [-0.25, -0.2) is 13.8 Å². The molecule has 2 N–H and O–H groups in total. The minimum Gasteiger partial charge on any atom is -0.278 e. The van der Waals surface area contributed by atoms with Crippen molar-refractivity contribution in [1.82, 2.24) is 10.4 Å². The molecule has 0 aliphatic rings. The standard InChI is InChI=1S/C18H16N4O3S2/c1-13(14-8-10-19-11-9-14)20-21-18(23)15-5-2-3-6-16(15)22-27(24,25)17-7-4-12-26-17/h2-12,22H,1H3,(H,21,23)/b20-13+. The fourth-order valence-corrected chi connectivity index (χ4v) is 4.31. The number of nitrogens with zero attached hydrogens (tertiary/aromatic N) is 2. The van der Waals surface area contributed by atoms with Crippen molar-refractivity contribution in [2.75, 3.05) is 4.72 Å². The number of thiophene rings is 1. The molecule has 0 saturated carbocycles. The van der Waals surface area contributed by atoms with Crippen molar-refractivity contribution in [1.29, 1.82) is 0 Å². The molecule has 9 heteroatoms. The third kappa shape index (κ3) is 4.57. The van der Waals surface area contributed by atoms with Crippen LogP contribution in [0.25, 0.3) is 0 Å². The van der Waals surface area contributed by atoms with Crippen LogP contribution in [0.4, 0.5) is 5.69 Å². The fourth-order valence-electron chi connectivity index (χ4n) is 2.23. The molecule has 7 nitrogen and oxygen atoms in total. The van der Waals surface area contributed by atoms with Gasteiger partial charge in [-0.3, -0.25) is 14.5 Å². The number of rotatable bonds is 6. The highest BCUT2D eigenvalue weighted by molar-refractivity contribution is 7.94. The molecule has 138 valence electrons. The van der Waals surface area contributed by atoms with E-state index < -0.39 is 15.9 Å². The van der Waals surface area contributed by atoms with E-state index in [9.17, 15) is 13.2 Å². The van der Waals surface area contributed by atoms with Crippen LogP contribution in [0.5, 0.6) is 0 Å². The van der Waals surface area contributed by atoms with Crippen LogP contribution in [0.15, 0.2) is 75.6 Å². The molecule has 0 aliphatic heterocycles. The quantitative estimate of drug-likeness (QED) is 0.490. The lowest BCUT2D eigenvalue weighted by molar-refractivity contribution is 0.0955. The van der Waals surface area contributed by atoms with Crippen LogP contribution >= 0.6 is 11.3 Å². The zero-order valence-electron chi connectivity index (χ0n) is 14.3. The van der Waals surface area contributed by atoms with Gasteiger partial charge in [-0.05, 0) is 42.6 Å². The van der Waals surface area contributed by atoms with Crippen molar-refractivity contribution in [2.24, 2.45) is 5.10 Å². The van der Waals surface area contributed by atoms with Crippen molar-refractivity contribution in [3.63, 3.8) is 0 Å². The minimum absolute atomic E-state index is 0.170. The molecule has 0 unspecified atom stereocenters. The van der Waals surface area contributed by atoms with Crippen LogP contribution in [0.2, 0.25) is 0 Å². The Morgan fingerprint density at radius 2 is 1.81 bits per heavy atom. The van der Waals surface area contributed by atoms with E-state index in [2.05, 4.69) is 20.2 Å². The first-order chi connectivity index (χ1) is 13.0. The lowest BCUT2D eigenvalue weighted by Crippen LogP contribution is -2.22. The number of benzene rings is 1. The number of pyridine rings is 1. The number of anilines is 1. The molecule has 0 fully saturated rings. The normalized spacial score (nSPS) is 11.8. The molecule has 3 rings (SSSR count). The number of sulfonamides is 1. The number of para-hydroxylation sites is 1. The van der Waals surface area contributed by atoms with Crippen LogP contribution in [-0.2, 0) is 10.0 Å². The predicted molar refractivity (Wildman–Crippen MR) is 105 cm³/mol. The van der Waals surface area contributed by atoms with Crippen molar-refractivity contribution in [3.05, 3.63) is 77.4 Å². The molecule has 0 bridgehead atoms. The van der Waals surface area contributed by atoms with Gasteiger partial charge in [0.25, 0.3) is 15.9 Å². The van der Waals surface area contributed by atoms with Crippen LogP contribution in [0, 0.1) is 0 Å². The lowest BCUT2D eigenvalue weighted by atomic mass is 10.2. The SMILES string of the molecule is C/C(=N\NC(=O)c1ccccc1NS(=O)(=O)c1cccs1)c1ccncc1. The van der Waals surface area contributed by atoms with Crippen LogP contribution < -0.4 is 10.1 Å². The fraction of sp³-hybridized carbons (Fsp3) is 0.0556. The summed E-state index contributed by atoms with van der Waals surface area (Å²) >= 11 is 1.10. The van der Waals surface area contributed by atoms with E-state index in [0.717, 1.165) is 16.9 Å². The molecule has 0 saturated heterocycles. The van der Waals surface area contributed by atoms with Gasteiger partial charge in [-0.15, -0.1) is 11.3 Å². The summed E-state index contributed by atoms with van der Waals surface area (Å²) in [6.07, 6.45) is 3.26. The van der Waals surface area contributed by atoms with E-state index in [1.165, 1.54) is 18.2 Å². The number of amides is 1.